The van der Waals surface area contributed by atoms with Gasteiger partial charge in [-0.15, -0.1) is 0 Å². The zero-order chi connectivity index (χ0) is 16.0. The summed E-state index contributed by atoms with van der Waals surface area (Å²) in [5.74, 6) is 0. The second-order valence-electron chi connectivity index (χ2n) is 5.81. The normalized spacial score (nSPS) is 13.8. The average molecular weight is 338 g/mol. The molecule has 2 aromatic carbocycles. The Morgan fingerprint density at radius 3 is 2.36 bits per heavy atom. The zero-order valence-electron chi connectivity index (χ0n) is 12.7. The molecule has 0 heterocycles. The molecule has 0 spiro atoms. The standard InChI is InChI=1S/C18H21Cl2NO/c1-18(13-22,12-15-7-8-16(19)17(20)11-15)21-10-9-14-5-3-2-4-6-14/h2-8,11,21-22H,9-10,12-13H2,1H3. The Morgan fingerprint density at radius 1 is 1.00 bits per heavy atom. The lowest BCUT2D eigenvalue weighted by molar-refractivity contribution is 0.174. The predicted octanol–water partition coefficient (Wildman–Crippen LogP) is 4.12. The van der Waals surface area contributed by atoms with Gasteiger partial charge in [0.1, 0.15) is 0 Å². The molecule has 0 aliphatic rings. The summed E-state index contributed by atoms with van der Waals surface area (Å²) in [6, 6.07) is 15.9. The van der Waals surface area contributed by atoms with Crippen molar-refractivity contribution in [3.05, 3.63) is 69.7 Å². The molecule has 0 aliphatic heterocycles. The zero-order valence-corrected chi connectivity index (χ0v) is 14.2. The molecule has 0 radical (unpaired) electrons. The highest BCUT2D eigenvalue weighted by Crippen LogP contribution is 2.24. The molecular weight excluding hydrogens is 317 g/mol. The van der Waals surface area contributed by atoms with E-state index >= 15 is 0 Å². The van der Waals surface area contributed by atoms with Crippen LogP contribution in [0.5, 0.6) is 0 Å². The Bertz CT molecular complexity index is 603. The molecule has 22 heavy (non-hydrogen) atoms. The van der Waals surface area contributed by atoms with Gasteiger partial charge in [0.05, 0.1) is 16.7 Å². The summed E-state index contributed by atoms with van der Waals surface area (Å²) in [6.07, 6.45) is 1.62. The van der Waals surface area contributed by atoms with Crippen LogP contribution in [0.2, 0.25) is 10.0 Å². The van der Waals surface area contributed by atoms with Gasteiger partial charge in [0.25, 0.3) is 0 Å². The van der Waals surface area contributed by atoms with Gasteiger partial charge < -0.3 is 10.4 Å². The van der Waals surface area contributed by atoms with Gasteiger partial charge in [0.2, 0.25) is 0 Å². The topological polar surface area (TPSA) is 32.3 Å². The number of rotatable bonds is 7. The van der Waals surface area contributed by atoms with Crippen LogP contribution in [0.1, 0.15) is 18.1 Å². The van der Waals surface area contributed by atoms with Crippen LogP contribution in [0.25, 0.3) is 0 Å². The van der Waals surface area contributed by atoms with E-state index in [1.807, 2.05) is 37.3 Å². The molecule has 4 heteroatoms. The molecule has 0 bridgehead atoms. The summed E-state index contributed by atoms with van der Waals surface area (Å²) < 4.78 is 0. The summed E-state index contributed by atoms with van der Waals surface area (Å²) in [4.78, 5) is 0. The van der Waals surface area contributed by atoms with Crippen molar-refractivity contribution >= 4 is 23.2 Å². The molecule has 0 fully saturated rings. The van der Waals surface area contributed by atoms with E-state index in [1.54, 1.807) is 6.07 Å². The van der Waals surface area contributed by atoms with Crippen molar-refractivity contribution in [3.63, 3.8) is 0 Å². The highest BCUT2D eigenvalue weighted by molar-refractivity contribution is 6.42. The van der Waals surface area contributed by atoms with Gasteiger partial charge >= 0.3 is 0 Å². The van der Waals surface area contributed by atoms with E-state index < -0.39 is 0 Å². The van der Waals surface area contributed by atoms with Crippen molar-refractivity contribution in [2.24, 2.45) is 0 Å². The van der Waals surface area contributed by atoms with Gasteiger partial charge in [-0.25, -0.2) is 0 Å². The fourth-order valence-corrected chi connectivity index (χ4v) is 2.75. The number of benzene rings is 2. The Balaban J connectivity index is 1.94. The van der Waals surface area contributed by atoms with E-state index in [9.17, 15) is 5.11 Å². The van der Waals surface area contributed by atoms with Crippen LogP contribution < -0.4 is 5.32 Å². The van der Waals surface area contributed by atoms with Crippen LogP contribution in [0.3, 0.4) is 0 Å². The fraction of sp³-hybridized carbons (Fsp3) is 0.333. The van der Waals surface area contributed by atoms with E-state index in [4.69, 9.17) is 23.2 Å². The SMILES string of the molecule is CC(CO)(Cc1ccc(Cl)c(Cl)c1)NCCc1ccccc1. The second kappa shape index (κ2) is 7.98. The fourth-order valence-electron chi connectivity index (χ4n) is 2.43. The predicted molar refractivity (Wildman–Crippen MR) is 93.8 cm³/mol. The highest BCUT2D eigenvalue weighted by atomic mass is 35.5. The number of aliphatic hydroxyl groups excluding tert-OH is 1. The first-order valence-electron chi connectivity index (χ1n) is 7.36. The van der Waals surface area contributed by atoms with E-state index in [2.05, 4.69) is 17.4 Å². The van der Waals surface area contributed by atoms with Crippen LogP contribution in [0, 0.1) is 0 Å². The maximum Gasteiger partial charge on any atom is 0.0613 e. The Labute approximate surface area is 142 Å². The lowest BCUT2D eigenvalue weighted by Gasteiger charge is -2.29. The summed E-state index contributed by atoms with van der Waals surface area (Å²) in [5.41, 5.74) is 1.95. The molecule has 2 rings (SSSR count). The first-order chi connectivity index (χ1) is 10.5. The highest BCUT2D eigenvalue weighted by Gasteiger charge is 2.23. The molecule has 2 N–H and O–H groups in total. The van der Waals surface area contributed by atoms with Gasteiger partial charge in [-0.3, -0.25) is 0 Å². The van der Waals surface area contributed by atoms with Crippen LogP contribution in [-0.2, 0) is 12.8 Å². The summed E-state index contributed by atoms with van der Waals surface area (Å²) in [7, 11) is 0. The number of nitrogens with one attached hydrogen (secondary N) is 1. The third kappa shape index (κ3) is 4.99. The van der Waals surface area contributed by atoms with E-state index in [1.165, 1.54) is 5.56 Å². The molecule has 118 valence electrons. The minimum atomic E-state index is -0.383. The first-order valence-corrected chi connectivity index (χ1v) is 8.12. The van der Waals surface area contributed by atoms with E-state index in [-0.39, 0.29) is 12.1 Å². The third-order valence-electron chi connectivity index (χ3n) is 3.74. The lowest BCUT2D eigenvalue weighted by atomic mass is 9.93. The van der Waals surface area contributed by atoms with Gasteiger partial charge in [0.15, 0.2) is 0 Å². The molecular formula is C18H21Cl2NO. The van der Waals surface area contributed by atoms with Crippen molar-refractivity contribution in [1.29, 1.82) is 0 Å². The molecule has 0 aromatic heterocycles. The number of hydrogen-bond acceptors (Lipinski definition) is 2. The summed E-state index contributed by atoms with van der Waals surface area (Å²) >= 11 is 12.0. The van der Waals surface area contributed by atoms with Crippen LogP contribution in [0.4, 0.5) is 0 Å². The maximum atomic E-state index is 9.75. The van der Waals surface area contributed by atoms with Gasteiger partial charge in [0, 0.05) is 5.54 Å². The third-order valence-corrected chi connectivity index (χ3v) is 4.47. The summed E-state index contributed by atoms with van der Waals surface area (Å²) in [5, 5.41) is 14.3. The number of halogens is 2. The maximum absolute atomic E-state index is 9.75. The monoisotopic (exact) mass is 337 g/mol. The molecule has 2 nitrogen and oxygen atoms in total. The largest absolute Gasteiger partial charge is 0.394 e. The minimum absolute atomic E-state index is 0.0576. The number of hydrogen-bond donors (Lipinski definition) is 2. The van der Waals surface area contributed by atoms with Crippen molar-refractivity contribution in [2.75, 3.05) is 13.2 Å². The molecule has 1 unspecified atom stereocenters. The van der Waals surface area contributed by atoms with Crippen molar-refractivity contribution in [3.8, 4) is 0 Å². The Morgan fingerprint density at radius 2 is 1.73 bits per heavy atom. The molecule has 0 saturated heterocycles. The van der Waals surface area contributed by atoms with Crippen molar-refractivity contribution in [1.82, 2.24) is 5.32 Å². The molecule has 0 saturated carbocycles. The minimum Gasteiger partial charge on any atom is -0.394 e. The van der Waals surface area contributed by atoms with Crippen molar-refractivity contribution < 1.29 is 5.11 Å². The van der Waals surface area contributed by atoms with E-state index in [0.717, 1.165) is 18.5 Å². The first kappa shape index (κ1) is 17.3. The summed E-state index contributed by atoms with van der Waals surface area (Å²) in [6.45, 7) is 2.88. The molecule has 0 amide bonds. The quantitative estimate of drug-likeness (QED) is 0.796. The van der Waals surface area contributed by atoms with E-state index in [0.29, 0.717) is 16.5 Å². The van der Waals surface area contributed by atoms with Crippen LogP contribution in [-0.4, -0.2) is 23.8 Å². The van der Waals surface area contributed by atoms with Gasteiger partial charge in [-0.1, -0.05) is 59.6 Å². The Kier molecular flexibility index (Phi) is 6.27. The second-order valence-corrected chi connectivity index (χ2v) is 6.62. The van der Waals surface area contributed by atoms with Crippen molar-refractivity contribution in [2.45, 2.75) is 25.3 Å². The Hall–Kier alpha value is -1.06. The molecule has 2 aromatic rings. The van der Waals surface area contributed by atoms with Gasteiger partial charge in [-0.2, -0.15) is 0 Å². The number of aliphatic hydroxyl groups is 1. The average Bonchev–Trinajstić information content (AvgIpc) is 2.52. The van der Waals surface area contributed by atoms with Crippen LogP contribution >= 0.6 is 23.2 Å². The molecule has 0 aliphatic carbocycles. The lowest BCUT2D eigenvalue weighted by Crippen LogP contribution is -2.48. The molecule has 1 atom stereocenters. The smallest absolute Gasteiger partial charge is 0.0613 e. The van der Waals surface area contributed by atoms with Crippen LogP contribution in [0.15, 0.2) is 48.5 Å². The van der Waals surface area contributed by atoms with Gasteiger partial charge in [-0.05, 0) is 49.6 Å².